The van der Waals surface area contributed by atoms with Crippen molar-refractivity contribution in [3.63, 3.8) is 0 Å². The van der Waals surface area contributed by atoms with Crippen LogP contribution in [-0.2, 0) is 13.5 Å². The van der Waals surface area contributed by atoms with Gasteiger partial charge in [0.1, 0.15) is 12.0 Å². The Morgan fingerprint density at radius 2 is 2.11 bits per heavy atom. The molecule has 1 saturated carbocycles. The summed E-state index contributed by atoms with van der Waals surface area (Å²) in [5, 5.41) is 1.26. The van der Waals surface area contributed by atoms with Gasteiger partial charge in [-0.1, -0.05) is 12.8 Å². The highest BCUT2D eigenvalue weighted by Crippen LogP contribution is 2.37. The molecule has 3 rings (SSSR count). The zero-order chi connectivity index (χ0) is 12.5. The molecule has 0 bridgehead atoms. The zero-order valence-electron chi connectivity index (χ0n) is 10.9. The summed E-state index contributed by atoms with van der Waals surface area (Å²) in [7, 11) is 2.05. The van der Waals surface area contributed by atoms with Gasteiger partial charge in [-0.15, -0.1) is 0 Å². The lowest BCUT2D eigenvalue weighted by Gasteiger charge is -2.10. The van der Waals surface area contributed by atoms with Crippen molar-refractivity contribution in [2.45, 2.75) is 38.0 Å². The van der Waals surface area contributed by atoms with Crippen molar-refractivity contribution >= 4 is 11.0 Å². The number of hydrogen-bond donors (Lipinski definition) is 1. The summed E-state index contributed by atoms with van der Waals surface area (Å²) < 4.78 is 2.10. The maximum absolute atomic E-state index is 5.71. The van der Waals surface area contributed by atoms with Crippen LogP contribution in [0.3, 0.4) is 0 Å². The first-order valence-electron chi connectivity index (χ1n) is 6.80. The fourth-order valence-corrected chi connectivity index (χ4v) is 3.18. The van der Waals surface area contributed by atoms with Crippen LogP contribution in [0.25, 0.3) is 11.0 Å². The van der Waals surface area contributed by atoms with Gasteiger partial charge in [-0.05, 0) is 31.4 Å². The molecule has 0 aliphatic heterocycles. The quantitative estimate of drug-likeness (QED) is 0.899. The monoisotopic (exact) mass is 244 g/mol. The number of aryl methyl sites for hydroxylation is 1. The van der Waals surface area contributed by atoms with Crippen LogP contribution in [0.5, 0.6) is 0 Å². The van der Waals surface area contributed by atoms with E-state index in [1.165, 1.54) is 42.3 Å². The minimum Gasteiger partial charge on any atom is -0.335 e. The number of fused-ring (bicyclic) bond motifs is 1. The van der Waals surface area contributed by atoms with E-state index in [-0.39, 0.29) is 0 Å². The molecule has 0 saturated heterocycles. The Morgan fingerprint density at radius 3 is 2.83 bits per heavy atom. The first kappa shape index (κ1) is 11.7. The molecule has 0 unspecified atom stereocenters. The maximum Gasteiger partial charge on any atom is 0.143 e. The van der Waals surface area contributed by atoms with Crippen molar-refractivity contribution < 1.29 is 0 Å². The number of nitrogens with zero attached hydrogens (tertiary/aromatic N) is 3. The van der Waals surface area contributed by atoms with Gasteiger partial charge in [0.25, 0.3) is 0 Å². The molecule has 2 aromatic rings. The first-order valence-corrected chi connectivity index (χ1v) is 6.80. The normalized spacial score (nSPS) is 16.8. The van der Waals surface area contributed by atoms with Crippen LogP contribution in [0.1, 0.15) is 42.9 Å². The fourth-order valence-electron chi connectivity index (χ4n) is 3.18. The summed E-state index contributed by atoms with van der Waals surface area (Å²) in [6, 6.07) is 0. The molecule has 2 heterocycles. The van der Waals surface area contributed by atoms with Gasteiger partial charge in [0.2, 0.25) is 0 Å². The Kier molecular flexibility index (Phi) is 3.04. The summed E-state index contributed by atoms with van der Waals surface area (Å²) in [4.78, 5) is 9.01. The van der Waals surface area contributed by atoms with E-state index in [9.17, 15) is 0 Å². The molecule has 96 valence electrons. The van der Waals surface area contributed by atoms with Crippen LogP contribution in [0.2, 0.25) is 0 Å². The van der Waals surface area contributed by atoms with Crippen LogP contribution in [0.4, 0.5) is 0 Å². The van der Waals surface area contributed by atoms with Gasteiger partial charge >= 0.3 is 0 Å². The minimum absolute atomic E-state index is 0.620. The van der Waals surface area contributed by atoms with Gasteiger partial charge < -0.3 is 10.3 Å². The van der Waals surface area contributed by atoms with Crippen molar-refractivity contribution in [3.8, 4) is 0 Å². The lowest BCUT2D eigenvalue weighted by atomic mass is 9.98. The second-order valence-corrected chi connectivity index (χ2v) is 5.24. The summed E-state index contributed by atoms with van der Waals surface area (Å²) in [6.45, 7) is 0.679. The Morgan fingerprint density at radius 1 is 1.33 bits per heavy atom. The molecule has 1 aliphatic carbocycles. The second kappa shape index (κ2) is 4.69. The highest BCUT2D eigenvalue weighted by atomic mass is 15.0. The van der Waals surface area contributed by atoms with Crippen molar-refractivity contribution in [2.75, 3.05) is 6.54 Å². The van der Waals surface area contributed by atoms with Gasteiger partial charge in [0.15, 0.2) is 0 Å². The first-order chi connectivity index (χ1) is 8.81. The molecular weight excluding hydrogens is 224 g/mol. The molecule has 1 fully saturated rings. The fraction of sp³-hybridized carbons (Fsp3) is 0.571. The van der Waals surface area contributed by atoms with Crippen molar-refractivity contribution in [1.82, 2.24) is 14.5 Å². The van der Waals surface area contributed by atoms with Gasteiger partial charge in [-0.25, -0.2) is 9.97 Å². The second-order valence-electron chi connectivity index (χ2n) is 5.24. The summed E-state index contributed by atoms with van der Waals surface area (Å²) in [5.41, 5.74) is 9.32. The van der Waals surface area contributed by atoms with Gasteiger partial charge in [0.05, 0.1) is 5.69 Å². The molecule has 0 amide bonds. The zero-order valence-corrected chi connectivity index (χ0v) is 10.9. The molecule has 0 aromatic carbocycles. The Bertz CT molecular complexity index is 552. The van der Waals surface area contributed by atoms with E-state index in [1.54, 1.807) is 6.33 Å². The molecule has 2 N–H and O–H groups in total. The molecule has 0 spiro atoms. The molecule has 1 aliphatic rings. The number of hydrogen-bond acceptors (Lipinski definition) is 3. The van der Waals surface area contributed by atoms with Gasteiger partial charge in [-0.2, -0.15) is 0 Å². The molecule has 2 aromatic heterocycles. The lowest BCUT2D eigenvalue weighted by molar-refractivity contribution is 0.701. The van der Waals surface area contributed by atoms with E-state index in [2.05, 4.69) is 20.7 Å². The van der Waals surface area contributed by atoms with Crippen LogP contribution < -0.4 is 5.73 Å². The third-order valence-electron chi connectivity index (χ3n) is 4.02. The average molecular weight is 244 g/mol. The highest BCUT2D eigenvalue weighted by molar-refractivity contribution is 5.83. The Labute approximate surface area is 107 Å². The molecule has 0 atom stereocenters. The minimum atomic E-state index is 0.620. The standard InChI is InChI=1S/C14H20N4/c1-18-8-11(6-7-15)12-13(10-4-2-3-5-10)16-9-17-14(12)18/h8-10H,2-7,15H2,1H3. The largest absolute Gasteiger partial charge is 0.335 e. The van der Waals surface area contributed by atoms with E-state index < -0.39 is 0 Å². The smallest absolute Gasteiger partial charge is 0.143 e. The molecular formula is C14H20N4. The van der Waals surface area contributed by atoms with E-state index in [0.717, 1.165) is 12.1 Å². The van der Waals surface area contributed by atoms with Crippen molar-refractivity contribution in [2.24, 2.45) is 12.8 Å². The summed E-state index contributed by atoms with van der Waals surface area (Å²) in [5.74, 6) is 0.620. The van der Waals surface area contributed by atoms with E-state index in [4.69, 9.17) is 5.73 Å². The van der Waals surface area contributed by atoms with E-state index >= 15 is 0 Å². The highest BCUT2D eigenvalue weighted by Gasteiger charge is 2.23. The third kappa shape index (κ3) is 1.81. The van der Waals surface area contributed by atoms with Gasteiger partial charge in [-0.3, -0.25) is 0 Å². The number of nitrogens with two attached hydrogens (primary N) is 1. The lowest BCUT2D eigenvalue weighted by Crippen LogP contribution is -2.04. The molecule has 18 heavy (non-hydrogen) atoms. The Hall–Kier alpha value is -1.42. The van der Waals surface area contributed by atoms with E-state index in [1.807, 2.05) is 7.05 Å². The van der Waals surface area contributed by atoms with Crippen LogP contribution in [-0.4, -0.2) is 21.1 Å². The Balaban J connectivity index is 2.17. The maximum atomic E-state index is 5.71. The van der Waals surface area contributed by atoms with Gasteiger partial charge in [0, 0.05) is 24.5 Å². The number of aromatic nitrogens is 3. The van der Waals surface area contributed by atoms with Crippen LogP contribution in [0.15, 0.2) is 12.5 Å². The molecule has 4 nitrogen and oxygen atoms in total. The van der Waals surface area contributed by atoms with E-state index in [0.29, 0.717) is 12.5 Å². The van der Waals surface area contributed by atoms with Crippen LogP contribution >= 0.6 is 0 Å². The number of rotatable bonds is 3. The van der Waals surface area contributed by atoms with Crippen molar-refractivity contribution in [1.29, 1.82) is 0 Å². The summed E-state index contributed by atoms with van der Waals surface area (Å²) >= 11 is 0. The predicted molar refractivity (Wildman–Crippen MR) is 72.5 cm³/mol. The molecule has 4 heteroatoms. The van der Waals surface area contributed by atoms with Crippen LogP contribution in [0, 0.1) is 0 Å². The average Bonchev–Trinajstić information content (AvgIpc) is 2.99. The van der Waals surface area contributed by atoms with Crippen molar-refractivity contribution in [3.05, 3.63) is 23.8 Å². The predicted octanol–water partition coefficient (Wildman–Crippen LogP) is 2.13. The topological polar surface area (TPSA) is 56.7 Å². The summed E-state index contributed by atoms with van der Waals surface area (Å²) in [6.07, 6.45) is 9.97. The SMILES string of the molecule is Cn1cc(CCN)c2c(C3CCCC3)ncnc21. The molecule has 0 radical (unpaired) electrons. The third-order valence-corrected chi connectivity index (χ3v) is 4.02.